The van der Waals surface area contributed by atoms with Crippen LogP contribution in [-0.2, 0) is 14.3 Å². The minimum Gasteiger partial charge on any atom is -0.385 e. The molecule has 108 valence electrons. The Hall–Kier alpha value is -1.10. The summed E-state index contributed by atoms with van der Waals surface area (Å²) >= 11 is 0. The van der Waals surface area contributed by atoms with E-state index < -0.39 is 5.54 Å². The van der Waals surface area contributed by atoms with E-state index >= 15 is 0 Å². The van der Waals surface area contributed by atoms with Gasteiger partial charge in [0.1, 0.15) is 5.54 Å². The molecule has 2 aliphatic rings. The smallest absolute Gasteiger partial charge is 0.248 e. The maximum atomic E-state index is 12.8. The van der Waals surface area contributed by atoms with Crippen LogP contribution in [0.15, 0.2) is 0 Å². The molecule has 1 aliphatic carbocycles. The number of methoxy groups -OCH3 is 1. The van der Waals surface area contributed by atoms with Crippen molar-refractivity contribution in [2.24, 2.45) is 5.92 Å². The van der Waals surface area contributed by atoms with Gasteiger partial charge in [-0.05, 0) is 39.0 Å². The number of amides is 2. The highest BCUT2D eigenvalue weighted by atomic mass is 16.5. The number of carbonyl (C=O) groups excluding carboxylic acids is 2. The van der Waals surface area contributed by atoms with Crippen LogP contribution >= 0.6 is 0 Å². The second-order valence-corrected chi connectivity index (χ2v) is 5.90. The van der Waals surface area contributed by atoms with E-state index in [0.29, 0.717) is 25.5 Å². The lowest BCUT2D eigenvalue weighted by Gasteiger charge is -2.35. The summed E-state index contributed by atoms with van der Waals surface area (Å²) in [7, 11) is 1.66. The highest BCUT2D eigenvalue weighted by Gasteiger charge is 2.51. The molecule has 1 N–H and O–H groups in total. The van der Waals surface area contributed by atoms with Crippen LogP contribution in [0.3, 0.4) is 0 Å². The molecule has 2 unspecified atom stereocenters. The van der Waals surface area contributed by atoms with E-state index in [9.17, 15) is 9.59 Å². The second-order valence-electron chi connectivity index (χ2n) is 5.90. The molecule has 2 rings (SSSR count). The molecule has 1 aliphatic heterocycles. The van der Waals surface area contributed by atoms with Crippen LogP contribution in [0.5, 0.6) is 0 Å². The molecule has 1 saturated carbocycles. The zero-order valence-corrected chi connectivity index (χ0v) is 12.1. The van der Waals surface area contributed by atoms with Crippen molar-refractivity contribution >= 4 is 11.8 Å². The molecular formula is C14H24N2O3. The van der Waals surface area contributed by atoms with Crippen LogP contribution in [-0.4, -0.2) is 48.6 Å². The maximum Gasteiger partial charge on any atom is 0.248 e. The van der Waals surface area contributed by atoms with Crippen LogP contribution in [0.4, 0.5) is 0 Å². The Balaban J connectivity index is 2.14. The van der Waals surface area contributed by atoms with Crippen molar-refractivity contribution < 1.29 is 14.3 Å². The van der Waals surface area contributed by atoms with E-state index in [1.54, 1.807) is 7.11 Å². The highest BCUT2D eigenvalue weighted by molar-refractivity contribution is 5.94. The summed E-state index contributed by atoms with van der Waals surface area (Å²) in [5.41, 5.74) is -0.699. The standard InChI is InChI=1S/C14H24N2O3/c1-10(7-9-19-3)16-8-6-12(17)15-14(2,13(16)18)11-4-5-11/h10-11H,4-9H2,1-3H3,(H,15,17). The number of nitrogens with one attached hydrogen (secondary N) is 1. The topological polar surface area (TPSA) is 58.6 Å². The molecule has 19 heavy (non-hydrogen) atoms. The van der Waals surface area contributed by atoms with Gasteiger partial charge in [-0.25, -0.2) is 0 Å². The van der Waals surface area contributed by atoms with Crippen molar-refractivity contribution in [3.8, 4) is 0 Å². The maximum absolute atomic E-state index is 12.8. The largest absolute Gasteiger partial charge is 0.385 e. The van der Waals surface area contributed by atoms with Crippen molar-refractivity contribution in [2.45, 2.75) is 51.1 Å². The van der Waals surface area contributed by atoms with Gasteiger partial charge in [0.25, 0.3) is 0 Å². The Kier molecular flexibility index (Phi) is 4.13. The third kappa shape index (κ3) is 2.91. The molecule has 0 aromatic carbocycles. The molecule has 1 saturated heterocycles. The van der Waals surface area contributed by atoms with Gasteiger partial charge in [0.05, 0.1) is 0 Å². The fourth-order valence-corrected chi connectivity index (χ4v) is 2.83. The number of carbonyl (C=O) groups is 2. The average Bonchev–Trinajstić information content (AvgIpc) is 3.19. The van der Waals surface area contributed by atoms with Crippen LogP contribution in [0.1, 0.15) is 39.5 Å². The first kappa shape index (κ1) is 14.3. The molecular weight excluding hydrogens is 244 g/mol. The predicted octanol–water partition coefficient (Wildman–Crippen LogP) is 0.929. The molecule has 2 fully saturated rings. The fourth-order valence-electron chi connectivity index (χ4n) is 2.83. The van der Waals surface area contributed by atoms with Gasteiger partial charge in [-0.2, -0.15) is 0 Å². The molecule has 5 nitrogen and oxygen atoms in total. The van der Waals surface area contributed by atoms with Crippen LogP contribution in [0.2, 0.25) is 0 Å². The lowest BCUT2D eigenvalue weighted by Crippen LogP contribution is -2.58. The van der Waals surface area contributed by atoms with E-state index in [1.807, 2.05) is 18.7 Å². The number of ether oxygens (including phenoxy) is 1. The highest BCUT2D eigenvalue weighted by Crippen LogP contribution is 2.41. The quantitative estimate of drug-likeness (QED) is 0.807. The number of hydrogen-bond acceptors (Lipinski definition) is 3. The number of rotatable bonds is 5. The molecule has 0 aromatic heterocycles. The molecule has 5 heteroatoms. The predicted molar refractivity (Wildman–Crippen MR) is 71.6 cm³/mol. The van der Waals surface area contributed by atoms with Gasteiger partial charge in [0, 0.05) is 32.7 Å². The summed E-state index contributed by atoms with van der Waals surface area (Å²) < 4.78 is 5.08. The van der Waals surface area contributed by atoms with Gasteiger partial charge in [0.2, 0.25) is 11.8 Å². The van der Waals surface area contributed by atoms with Crippen molar-refractivity contribution in [3.05, 3.63) is 0 Å². The van der Waals surface area contributed by atoms with Crippen molar-refractivity contribution in [3.63, 3.8) is 0 Å². The molecule has 2 amide bonds. The summed E-state index contributed by atoms with van der Waals surface area (Å²) in [6, 6.07) is 0.109. The van der Waals surface area contributed by atoms with E-state index in [0.717, 1.165) is 19.3 Å². The second kappa shape index (κ2) is 5.49. The van der Waals surface area contributed by atoms with Crippen LogP contribution in [0, 0.1) is 5.92 Å². The first-order valence-corrected chi connectivity index (χ1v) is 7.10. The van der Waals surface area contributed by atoms with Gasteiger partial charge in [-0.15, -0.1) is 0 Å². The van der Waals surface area contributed by atoms with E-state index in [-0.39, 0.29) is 17.9 Å². The monoisotopic (exact) mass is 268 g/mol. The van der Waals surface area contributed by atoms with Gasteiger partial charge >= 0.3 is 0 Å². The molecule has 0 aromatic rings. The van der Waals surface area contributed by atoms with E-state index in [4.69, 9.17) is 4.74 Å². The first-order valence-electron chi connectivity index (χ1n) is 7.10. The number of hydrogen-bond donors (Lipinski definition) is 1. The van der Waals surface area contributed by atoms with Crippen LogP contribution < -0.4 is 5.32 Å². The minimum absolute atomic E-state index is 0.0100. The normalized spacial score (nSPS) is 29.9. The zero-order chi connectivity index (χ0) is 14.0. The SMILES string of the molecule is COCCC(C)N1CCC(=O)NC(C)(C2CC2)C1=O. The van der Waals surface area contributed by atoms with E-state index in [1.165, 1.54) is 0 Å². The third-order valence-electron chi connectivity index (χ3n) is 4.35. The summed E-state index contributed by atoms with van der Waals surface area (Å²) in [6.45, 7) is 5.05. The minimum atomic E-state index is -0.699. The molecule has 2 atom stereocenters. The Morgan fingerprint density at radius 2 is 2.16 bits per heavy atom. The zero-order valence-electron chi connectivity index (χ0n) is 12.1. The summed E-state index contributed by atoms with van der Waals surface area (Å²) in [5, 5.41) is 2.95. The Morgan fingerprint density at radius 1 is 1.47 bits per heavy atom. The summed E-state index contributed by atoms with van der Waals surface area (Å²) in [5.74, 6) is 0.368. The van der Waals surface area contributed by atoms with Crippen molar-refractivity contribution in [1.29, 1.82) is 0 Å². The summed E-state index contributed by atoms with van der Waals surface area (Å²) in [6.07, 6.45) is 3.26. The third-order valence-corrected chi connectivity index (χ3v) is 4.35. The molecule has 0 bridgehead atoms. The van der Waals surface area contributed by atoms with Gasteiger partial charge < -0.3 is 15.0 Å². The van der Waals surface area contributed by atoms with Crippen molar-refractivity contribution in [1.82, 2.24) is 10.2 Å². The van der Waals surface area contributed by atoms with Gasteiger partial charge in [-0.1, -0.05) is 0 Å². The Labute approximate surface area is 114 Å². The fraction of sp³-hybridized carbons (Fsp3) is 0.857. The lowest BCUT2D eigenvalue weighted by atomic mass is 9.93. The Bertz CT molecular complexity index is 368. The average molecular weight is 268 g/mol. The van der Waals surface area contributed by atoms with Crippen molar-refractivity contribution in [2.75, 3.05) is 20.3 Å². The molecule has 0 spiro atoms. The summed E-state index contributed by atoms with van der Waals surface area (Å²) in [4.78, 5) is 26.5. The van der Waals surface area contributed by atoms with E-state index in [2.05, 4.69) is 5.32 Å². The molecule has 0 radical (unpaired) electrons. The first-order chi connectivity index (χ1) is 8.99. The van der Waals surface area contributed by atoms with Gasteiger partial charge in [0.15, 0.2) is 0 Å². The van der Waals surface area contributed by atoms with Crippen LogP contribution in [0.25, 0.3) is 0 Å². The molecule has 1 heterocycles. The van der Waals surface area contributed by atoms with Gasteiger partial charge in [-0.3, -0.25) is 9.59 Å². The lowest BCUT2D eigenvalue weighted by molar-refractivity contribution is -0.141. The number of nitrogens with zero attached hydrogens (tertiary/aromatic N) is 1. The Morgan fingerprint density at radius 3 is 2.74 bits per heavy atom.